The van der Waals surface area contributed by atoms with Crippen LogP contribution in [0.15, 0.2) is 0 Å². The molecule has 109 valence electrons. The molecule has 1 rings (SSSR count). The summed E-state index contributed by atoms with van der Waals surface area (Å²) in [5.74, 6) is 0. The normalized spacial score (nSPS) is 29.5. The van der Waals surface area contributed by atoms with E-state index in [-0.39, 0.29) is 6.42 Å². The van der Waals surface area contributed by atoms with Crippen molar-refractivity contribution in [1.29, 1.82) is 0 Å². The smallest absolute Gasteiger partial charge is 0.294 e. The Bertz CT molecular complexity index is 384. The average molecular weight is 278 g/mol. The third-order valence-electron chi connectivity index (χ3n) is 3.23. The Morgan fingerprint density at radius 2 is 1.58 bits per heavy atom. The highest BCUT2D eigenvalue weighted by Gasteiger charge is 2.56. The molecule has 1 radical (unpaired) electrons. The SMILES string of the molecule is CC1(C)CC(O[N+](=O)[O-])C(O[N+](=O)[O-])C(C)(C)N1[O]. The fourth-order valence-corrected chi connectivity index (χ4v) is 2.53. The standard InChI is InChI=1S/C9H16N3O7/c1-8(2)5-6(18-11(14)15)7(19-12(16)17)9(3,4)10(8)13/h6-7H,5H2,1-4H3. The average Bonchev–Trinajstić information content (AvgIpc) is 2.20. The summed E-state index contributed by atoms with van der Waals surface area (Å²) in [4.78, 5) is 29.8. The van der Waals surface area contributed by atoms with Crippen LogP contribution in [0.4, 0.5) is 0 Å². The molecule has 2 atom stereocenters. The molecule has 0 spiro atoms. The first-order valence-electron chi connectivity index (χ1n) is 5.58. The van der Waals surface area contributed by atoms with E-state index in [9.17, 15) is 25.4 Å². The Balaban J connectivity index is 3.11. The van der Waals surface area contributed by atoms with Crippen LogP contribution in [-0.2, 0) is 14.9 Å². The quantitative estimate of drug-likeness (QED) is 0.548. The Kier molecular flexibility index (Phi) is 3.87. The van der Waals surface area contributed by atoms with E-state index in [0.29, 0.717) is 5.06 Å². The number of piperidine rings is 1. The van der Waals surface area contributed by atoms with Crippen LogP contribution in [0.25, 0.3) is 0 Å². The highest BCUT2D eigenvalue weighted by Crippen LogP contribution is 2.40. The molecule has 0 amide bonds. The third-order valence-corrected chi connectivity index (χ3v) is 3.23. The van der Waals surface area contributed by atoms with Crippen LogP contribution in [0.1, 0.15) is 34.1 Å². The number of rotatable bonds is 4. The number of hydrogen-bond donors (Lipinski definition) is 0. The van der Waals surface area contributed by atoms with Gasteiger partial charge in [0.25, 0.3) is 10.2 Å². The lowest BCUT2D eigenvalue weighted by Crippen LogP contribution is -2.68. The van der Waals surface area contributed by atoms with Crippen molar-refractivity contribution >= 4 is 0 Å². The molecule has 0 saturated carbocycles. The van der Waals surface area contributed by atoms with Crippen molar-refractivity contribution < 1.29 is 25.1 Å². The fourth-order valence-electron chi connectivity index (χ4n) is 2.53. The van der Waals surface area contributed by atoms with Gasteiger partial charge in [-0.1, -0.05) is 0 Å². The van der Waals surface area contributed by atoms with Crippen LogP contribution in [0, 0.1) is 20.2 Å². The van der Waals surface area contributed by atoms with Gasteiger partial charge < -0.3 is 9.68 Å². The lowest BCUT2D eigenvalue weighted by Gasteiger charge is -2.52. The molecule has 2 unspecified atom stereocenters. The van der Waals surface area contributed by atoms with Crippen molar-refractivity contribution in [2.24, 2.45) is 0 Å². The van der Waals surface area contributed by atoms with Gasteiger partial charge in [0.1, 0.15) is 6.10 Å². The largest absolute Gasteiger partial charge is 0.308 e. The van der Waals surface area contributed by atoms with Gasteiger partial charge in [-0.25, -0.2) is 0 Å². The van der Waals surface area contributed by atoms with E-state index in [4.69, 9.17) is 0 Å². The topological polar surface area (TPSA) is 128 Å². The predicted molar refractivity (Wildman–Crippen MR) is 59.0 cm³/mol. The first-order chi connectivity index (χ1) is 8.48. The Morgan fingerprint density at radius 1 is 1.11 bits per heavy atom. The summed E-state index contributed by atoms with van der Waals surface area (Å²) in [5.41, 5.74) is -2.30. The lowest BCUT2D eigenvalue weighted by atomic mass is 9.78. The molecule has 1 saturated heterocycles. The zero-order chi connectivity index (χ0) is 15.0. The minimum atomic E-state index is -1.35. The molecule has 0 N–H and O–H groups in total. The monoisotopic (exact) mass is 278 g/mol. The maximum atomic E-state index is 12.2. The molecule has 1 heterocycles. The molecular formula is C9H16N3O7. The molecule has 10 heteroatoms. The molecule has 0 aliphatic carbocycles. The van der Waals surface area contributed by atoms with Crippen molar-refractivity contribution in [3.63, 3.8) is 0 Å². The highest BCUT2D eigenvalue weighted by molar-refractivity contribution is 5.02. The molecule has 1 aliphatic rings. The van der Waals surface area contributed by atoms with E-state index in [1.807, 2.05) is 0 Å². The van der Waals surface area contributed by atoms with E-state index < -0.39 is 33.5 Å². The summed E-state index contributed by atoms with van der Waals surface area (Å²) < 4.78 is 0. The van der Waals surface area contributed by atoms with Crippen molar-refractivity contribution in [3.05, 3.63) is 20.2 Å². The van der Waals surface area contributed by atoms with Crippen LogP contribution in [0.3, 0.4) is 0 Å². The van der Waals surface area contributed by atoms with Crippen LogP contribution in [0.2, 0.25) is 0 Å². The molecule has 1 aliphatic heterocycles. The number of nitrogens with zero attached hydrogens (tertiary/aromatic N) is 3. The fraction of sp³-hybridized carbons (Fsp3) is 1.00. The van der Waals surface area contributed by atoms with Crippen LogP contribution in [0.5, 0.6) is 0 Å². The summed E-state index contributed by atoms with van der Waals surface area (Å²) in [7, 11) is 0. The number of hydroxylamine groups is 2. The number of hydrogen-bond acceptors (Lipinski definition) is 7. The van der Waals surface area contributed by atoms with Gasteiger partial charge in [-0.2, -0.15) is 0 Å². The predicted octanol–water partition coefficient (Wildman–Crippen LogP) is 0.749. The second kappa shape index (κ2) is 4.78. The van der Waals surface area contributed by atoms with Gasteiger partial charge in [0.05, 0.1) is 5.54 Å². The zero-order valence-electron chi connectivity index (χ0n) is 11.1. The minimum Gasteiger partial charge on any atom is -0.308 e. The van der Waals surface area contributed by atoms with E-state index in [2.05, 4.69) is 9.68 Å². The summed E-state index contributed by atoms with van der Waals surface area (Å²) >= 11 is 0. The molecule has 0 aromatic carbocycles. The summed E-state index contributed by atoms with van der Waals surface area (Å²) in [6.45, 7) is 6.01. The van der Waals surface area contributed by atoms with Gasteiger partial charge in [0.15, 0.2) is 6.10 Å². The van der Waals surface area contributed by atoms with Crippen molar-refractivity contribution in [3.8, 4) is 0 Å². The second-order valence-electron chi connectivity index (χ2n) is 5.58. The summed E-state index contributed by atoms with van der Waals surface area (Å²) in [5, 5.41) is 31.7. The van der Waals surface area contributed by atoms with Gasteiger partial charge in [0.2, 0.25) is 0 Å². The second-order valence-corrected chi connectivity index (χ2v) is 5.58. The minimum absolute atomic E-state index is 0.0561. The molecular weight excluding hydrogens is 262 g/mol. The van der Waals surface area contributed by atoms with Gasteiger partial charge in [0, 0.05) is 5.54 Å². The zero-order valence-corrected chi connectivity index (χ0v) is 11.1. The van der Waals surface area contributed by atoms with E-state index in [0.717, 1.165) is 0 Å². The molecule has 0 bridgehead atoms. The molecule has 10 nitrogen and oxygen atoms in total. The lowest BCUT2D eigenvalue weighted by molar-refractivity contribution is -0.804. The van der Waals surface area contributed by atoms with Crippen LogP contribution < -0.4 is 0 Å². The van der Waals surface area contributed by atoms with Gasteiger partial charge in [-0.05, 0) is 34.1 Å². The Hall–Kier alpha value is -1.68. The van der Waals surface area contributed by atoms with Crippen LogP contribution >= 0.6 is 0 Å². The molecule has 19 heavy (non-hydrogen) atoms. The van der Waals surface area contributed by atoms with E-state index in [1.165, 1.54) is 13.8 Å². The first-order valence-corrected chi connectivity index (χ1v) is 5.58. The molecule has 0 aromatic heterocycles. The van der Waals surface area contributed by atoms with Crippen molar-refractivity contribution in [1.82, 2.24) is 5.06 Å². The Labute approximate surface area is 109 Å². The highest BCUT2D eigenvalue weighted by atomic mass is 17.0. The maximum Gasteiger partial charge on any atom is 0.294 e. The maximum absolute atomic E-state index is 12.2. The molecule has 0 aromatic rings. The van der Waals surface area contributed by atoms with Crippen molar-refractivity contribution in [2.75, 3.05) is 0 Å². The van der Waals surface area contributed by atoms with Gasteiger partial charge in [-0.15, -0.1) is 30.5 Å². The molecule has 1 fully saturated rings. The van der Waals surface area contributed by atoms with E-state index >= 15 is 0 Å². The van der Waals surface area contributed by atoms with Crippen LogP contribution in [-0.4, -0.2) is 38.5 Å². The summed E-state index contributed by atoms with van der Waals surface area (Å²) in [6, 6.07) is 0. The Morgan fingerprint density at radius 3 is 2.00 bits per heavy atom. The summed E-state index contributed by atoms with van der Waals surface area (Å²) in [6.07, 6.45) is -2.59. The third kappa shape index (κ3) is 3.01. The van der Waals surface area contributed by atoms with Gasteiger partial charge in [-0.3, -0.25) is 0 Å². The van der Waals surface area contributed by atoms with Crippen molar-refractivity contribution in [2.45, 2.75) is 57.4 Å². The van der Waals surface area contributed by atoms with E-state index in [1.54, 1.807) is 13.8 Å². The van der Waals surface area contributed by atoms with Gasteiger partial charge >= 0.3 is 0 Å². The first kappa shape index (κ1) is 15.4.